The van der Waals surface area contributed by atoms with Gasteiger partial charge < -0.3 is 5.32 Å². The highest BCUT2D eigenvalue weighted by atomic mass is 35.5. The summed E-state index contributed by atoms with van der Waals surface area (Å²) < 4.78 is 0. The predicted molar refractivity (Wildman–Crippen MR) is 89.1 cm³/mol. The van der Waals surface area contributed by atoms with E-state index in [1.54, 1.807) is 13.0 Å². The largest absolute Gasteiger partial charge is 0.352 e. The first-order valence-electron chi connectivity index (χ1n) is 6.59. The Hall–Kier alpha value is -1.87. The summed E-state index contributed by atoms with van der Waals surface area (Å²) in [5, 5.41) is 3.41. The standard InChI is InChI=1S/C17H22ClNO2/c1-6-12(2)11-16(15(5)20)17(21)19-10-9-13(3)7-8-14(4)18/h6-8,11H,1-2,9-10H2,3-5H3,(H,19,21). The Balaban J connectivity index is 4.60. The molecule has 3 nitrogen and oxygen atoms in total. The predicted octanol–water partition coefficient (Wildman–Crippen LogP) is 3.84. The summed E-state index contributed by atoms with van der Waals surface area (Å²) in [5.41, 5.74) is 1.69. The van der Waals surface area contributed by atoms with Gasteiger partial charge in [-0.05, 0) is 44.9 Å². The Labute approximate surface area is 131 Å². The van der Waals surface area contributed by atoms with Gasteiger partial charge in [-0.25, -0.2) is 0 Å². The highest BCUT2D eigenvalue weighted by Crippen LogP contribution is 2.06. The molecule has 0 saturated carbocycles. The number of hydrogen-bond donors (Lipinski definition) is 1. The number of ketones is 1. The van der Waals surface area contributed by atoms with Crippen molar-refractivity contribution in [3.8, 4) is 0 Å². The van der Waals surface area contributed by atoms with Crippen LogP contribution in [0.2, 0.25) is 0 Å². The van der Waals surface area contributed by atoms with Crippen LogP contribution in [0.3, 0.4) is 0 Å². The van der Waals surface area contributed by atoms with Gasteiger partial charge in [0.25, 0.3) is 5.91 Å². The fraction of sp³-hybridized carbons (Fsp3) is 0.294. The van der Waals surface area contributed by atoms with Gasteiger partial charge in [-0.3, -0.25) is 9.59 Å². The number of carbonyl (C=O) groups is 2. The molecule has 0 aromatic heterocycles. The normalized spacial score (nSPS) is 12.9. The molecule has 0 radical (unpaired) electrons. The van der Waals surface area contributed by atoms with Crippen molar-refractivity contribution in [2.75, 3.05) is 6.54 Å². The average molecular weight is 308 g/mol. The molecule has 1 N–H and O–H groups in total. The van der Waals surface area contributed by atoms with Crippen molar-refractivity contribution >= 4 is 23.3 Å². The van der Waals surface area contributed by atoms with Crippen molar-refractivity contribution in [1.29, 1.82) is 0 Å². The van der Waals surface area contributed by atoms with Crippen LogP contribution >= 0.6 is 11.6 Å². The average Bonchev–Trinajstić information content (AvgIpc) is 2.41. The highest BCUT2D eigenvalue weighted by molar-refractivity contribution is 6.29. The molecule has 0 unspecified atom stereocenters. The van der Waals surface area contributed by atoms with E-state index in [2.05, 4.69) is 18.5 Å². The lowest BCUT2D eigenvalue weighted by molar-refractivity contribution is -0.121. The number of rotatable bonds is 8. The number of hydrogen-bond acceptors (Lipinski definition) is 2. The summed E-state index contributed by atoms with van der Waals surface area (Å²) in [5.74, 6) is -0.703. The molecule has 0 fully saturated rings. The first-order chi connectivity index (χ1) is 9.77. The first-order valence-corrected chi connectivity index (χ1v) is 6.97. The van der Waals surface area contributed by atoms with E-state index in [1.807, 2.05) is 13.0 Å². The van der Waals surface area contributed by atoms with Crippen molar-refractivity contribution in [3.05, 3.63) is 59.2 Å². The number of nitrogens with one attached hydrogen (secondary N) is 1. The van der Waals surface area contributed by atoms with Crippen molar-refractivity contribution in [2.24, 2.45) is 0 Å². The maximum absolute atomic E-state index is 12.0. The summed E-state index contributed by atoms with van der Waals surface area (Å²) in [7, 11) is 0. The summed E-state index contributed by atoms with van der Waals surface area (Å²) in [6, 6.07) is 0. The minimum absolute atomic E-state index is 0.0815. The fourth-order valence-corrected chi connectivity index (χ4v) is 1.44. The lowest BCUT2D eigenvalue weighted by Crippen LogP contribution is -2.28. The van der Waals surface area contributed by atoms with Gasteiger partial charge in [0.2, 0.25) is 0 Å². The van der Waals surface area contributed by atoms with Gasteiger partial charge in [0, 0.05) is 11.6 Å². The number of amides is 1. The molecule has 4 heteroatoms. The van der Waals surface area contributed by atoms with Gasteiger partial charge in [0.15, 0.2) is 5.78 Å². The zero-order valence-corrected chi connectivity index (χ0v) is 13.6. The molecule has 0 aromatic rings. The van der Waals surface area contributed by atoms with Crippen LogP contribution in [-0.2, 0) is 9.59 Å². The van der Waals surface area contributed by atoms with E-state index in [-0.39, 0.29) is 11.4 Å². The Bertz CT molecular complexity index is 521. The molecule has 0 aromatic carbocycles. The second-order valence-corrected chi connectivity index (χ2v) is 5.26. The molecule has 0 atom stereocenters. The number of allylic oxidation sites excluding steroid dienone is 6. The van der Waals surface area contributed by atoms with Crippen molar-refractivity contribution in [1.82, 2.24) is 5.32 Å². The Morgan fingerprint density at radius 1 is 1.19 bits per heavy atom. The maximum atomic E-state index is 12.0. The molecule has 0 aliphatic carbocycles. The van der Waals surface area contributed by atoms with E-state index in [9.17, 15) is 9.59 Å². The smallest absolute Gasteiger partial charge is 0.254 e. The second kappa shape index (κ2) is 9.94. The van der Waals surface area contributed by atoms with Crippen LogP contribution in [0.4, 0.5) is 0 Å². The number of Topliss-reactive ketones (excluding diaryl/α,β-unsaturated/α-hetero) is 1. The van der Waals surface area contributed by atoms with E-state index in [0.717, 1.165) is 5.57 Å². The minimum Gasteiger partial charge on any atom is -0.352 e. The van der Waals surface area contributed by atoms with Gasteiger partial charge in [-0.2, -0.15) is 0 Å². The summed E-state index contributed by atoms with van der Waals surface area (Å²) in [6.45, 7) is 12.8. The number of halogens is 1. The van der Waals surface area contributed by atoms with Crippen molar-refractivity contribution < 1.29 is 9.59 Å². The third-order valence-electron chi connectivity index (χ3n) is 2.62. The molecule has 0 aliphatic heterocycles. The SMILES string of the molecule is C=CC(=C)C=C(C(C)=O)C(=O)NCCC(C)=CC=C(C)Cl. The van der Waals surface area contributed by atoms with E-state index in [0.29, 0.717) is 23.6 Å². The highest BCUT2D eigenvalue weighted by Gasteiger charge is 2.13. The molecule has 0 saturated heterocycles. The molecular weight excluding hydrogens is 286 g/mol. The van der Waals surface area contributed by atoms with Gasteiger partial charge in [-0.15, -0.1) is 0 Å². The fourth-order valence-electron chi connectivity index (χ4n) is 1.38. The molecule has 0 spiro atoms. The van der Waals surface area contributed by atoms with Gasteiger partial charge >= 0.3 is 0 Å². The van der Waals surface area contributed by atoms with Crippen LogP contribution in [0.15, 0.2) is 59.2 Å². The van der Waals surface area contributed by atoms with Gasteiger partial charge in [0.05, 0.1) is 5.57 Å². The van der Waals surface area contributed by atoms with Crippen LogP contribution in [0, 0.1) is 0 Å². The molecule has 1 amide bonds. The second-order valence-electron chi connectivity index (χ2n) is 4.67. The Morgan fingerprint density at radius 3 is 2.29 bits per heavy atom. The molecule has 0 rings (SSSR count). The van der Waals surface area contributed by atoms with Crippen LogP contribution in [0.5, 0.6) is 0 Å². The summed E-state index contributed by atoms with van der Waals surface area (Å²) in [6.07, 6.45) is 7.31. The topological polar surface area (TPSA) is 46.2 Å². The molecule has 0 aliphatic rings. The third kappa shape index (κ3) is 8.82. The van der Waals surface area contributed by atoms with Crippen LogP contribution in [0.25, 0.3) is 0 Å². The van der Waals surface area contributed by atoms with Crippen LogP contribution in [0.1, 0.15) is 27.2 Å². The minimum atomic E-state index is -0.401. The van der Waals surface area contributed by atoms with E-state index in [1.165, 1.54) is 19.1 Å². The van der Waals surface area contributed by atoms with E-state index in [4.69, 9.17) is 11.6 Å². The monoisotopic (exact) mass is 307 g/mol. The summed E-state index contributed by atoms with van der Waals surface area (Å²) >= 11 is 5.73. The van der Waals surface area contributed by atoms with Crippen molar-refractivity contribution in [3.63, 3.8) is 0 Å². The third-order valence-corrected chi connectivity index (χ3v) is 2.74. The Kier molecular flexibility index (Phi) is 9.06. The van der Waals surface area contributed by atoms with Gasteiger partial charge in [0.1, 0.15) is 0 Å². The zero-order chi connectivity index (χ0) is 16.4. The first kappa shape index (κ1) is 19.1. The number of carbonyl (C=O) groups excluding carboxylic acids is 2. The summed E-state index contributed by atoms with van der Waals surface area (Å²) in [4.78, 5) is 23.4. The van der Waals surface area contributed by atoms with Crippen molar-refractivity contribution in [2.45, 2.75) is 27.2 Å². The van der Waals surface area contributed by atoms with Crippen LogP contribution < -0.4 is 5.32 Å². The maximum Gasteiger partial charge on any atom is 0.254 e. The molecule has 114 valence electrons. The zero-order valence-electron chi connectivity index (χ0n) is 12.8. The van der Waals surface area contributed by atoms with Crippen LogP contribution in [-0.4, -0.2) is 18.2 Å². The van der Waals surface area contributed by atoms with E-state index >= 15 is 0 Å². The Morgan fingerprint density at radius 2 is 1.81 bits per heavy atom. The lowest BCUT2D eigenvalue weighted by atomic mass is 10.1. The molecule has 0 bridgehead atoms. The molecular formula is C17H22ClNO2. The van der Waals surface area contributed by atoms with E-state index < -0.39 is 5.91 Å². The molecule has 21 heavy (non-hydrogen) atoms. The van der Waals surface area contributed by atoms with Gasteiger partial charge in [-0.1, -0.05) is 42.5 Å². The quantitative estimate of drug-likeness (QED) is 0.320. The molecule has 0 heterocycles. The lowest BCUT2D eigenvalue weighted by Gasteiger charge is -2.07.